The van der Waals surface area contributed by atoms with Crippen LogP contribution in [0.4, 0.5) is 0 Å². The van der Waals surface area contributed by atoms with E-state index in [9.17, 15) is 0 Å². The molecule has 1 aliphatic rings. The van der Waals surface area contributed by atoms with Crippen LogP contribution in [0.5, 0.6) is 0 Å². The largest absolute Gasteiger partial charge is 0.329 e. The minimum Gasteiger partial charge on any atom is -0.329 e. The van der Waals surface area contributed by atoms with Gasteiger partial charge in [0.1, 0.15) is 0 Å². The maximum absolute atomic E-state index is 6.08. The predicted octanol–water partition coefficient (Wildman–Crippen LogP) is 3.02. The number of hydrogen-bond donors (Lipinski definition) is 1. The van der Waals surface area contributed by atoms with E-state index in [1.807, 2.05) is 12.1 Å². The number of hydrogen-bond acceptors (Lipinski definition) is 3. The van der Waals surface area contributed by atoms with Crippen molar-refractivity contribution in [3.05, 3.63) is 33.8 Å². The molecule has 0 spiro atoms. The Balaban J connectivity index is 1.98. The number of halogens is 2. The molecule has 5 heteroatoms. The molecule has 1 atom stereocenters. The van der Waals surface area contributed by atoms with E-state index in [-0.39, 0.29) is 6.04 Å². The van der Waals surface area contributed by atoms with Gasteiger partial charge >= 0.3 is 0 Å². The average Bonchev–Trinajstić information content (AvgIpc) is 2.89. The third kappa shape index (κ3) is 4.34. The van der Waals surface area contributed by atoms with Crippen LogP contribution in [0.3, 0.4) is 0 Å². The van der Waals surface area contributed by atoms with Gasteiger partial charge in [0.05, 0.1) is 0 Å². The van der Waals surface area contributed by atoms with Gasteiger partial charge in [-0.05, 0) is 56.7 Å². The second-order valence-corrected chi connectivity index (χ2v) is 6.36. The first kappa shape index (κ1) is 16.1. The number of rotatable bonds is 6. The standard InChI is InChI=1S/C15H23Cl2N3/c1-19(6-7-20-4-2-3-5-20)15(11-18)12-8-13(16)10-14(17)9-12/h8-10,15H,2-7,11,18H2,1H3. The first-order chi connectivity index (χ1) is 9.60. The van der Waals surface area contributed by atoms with Gasteiger partial charge in [-0.15, -0.1) is 0 Å². The molecule has 1 fully saturated rings. The van der Waals surface area contributed by atoms with Gasteiger partial charge in [-0.3, -0.25) is 4.90 Å². The fraction of sp³-hybridized carbons (Fsp3) is 0.600. The summed E-state index contributed by atoms with van der Waals surface area (Å²) in [6, 6.07) is 5.83. The van der Waals surface area contributed by atoms with Crippen molar-refractivity contribution in [1.82, 2.24) is 9.80 Å². The fourth-order valence-electron chi connectivity index (χ4n) is 2.80. The van der Waals surface area contributed by atoms with Gasteiger partial charge in [-0.1, -0.05) is 23.2 Å². The molecule has 3 nitrogen and oxygen atoms in total. The van der Waals surface area contributed by atoms with Crippen molar-refractivity contribution in [3.63, 3.8) is 0 Å². The second kappa shape index (κ2) is 7.62. The number of nitrogens with two attached hydrogens (primary N) is 1. The lowest BCUT2D eigenvalue weighted by molar-refractivity contribution is 0.209. The van der Waals surface area contributed by atoms with E-state index in [4.69, 9.17) is 28.9 Å². The molecule has 0 amide bonds. The summed E-state index contributed by atoms with van der Waals surface area (Å²) in [5, 5.41) is 1.33. The molecule has 1 saturated heterocycles. The molecule has 0 aliphatic carbocycles. The Hall–Kier alpha value is -0.320. The minimum absolute atomic E-state index is 0.161. The van der Waals surface area contributed by atoms with Crippen LogP contribution in [-0.2, 0) is 0 Å². The summed E-state index contributed by atoms with van der Waals surface area (Å²) in [7, 11) is 2.11. The van der Waals surface area contributed by atoms with Crippen LogP contribution in [0.1, 0.15) is 24.4 Å². The molecule has 1 aromatic rings. The Morgan fingerprint density at radius 1 is 1.20 bits per heavy atom. The first-order valence-corrected chi connectivity index (χ1v) is 7.94. The number of nitrogens with zero attached hydrogens (tertiary/aromatic N) is 2. The van der Waals surface area contributed by atoms with Crippen molar-refractivity contribution >= 4 is 23.2 Å². The Kier molecular flexibility index (Phi) is 6.12. The Morgan fingerprint density at radius 2 is 1.80 bits per heavy atom. The predicted molar refractivity (Wildman–Crippen MR) is 86.6 cm³/mol. The van der Waals surface area contributed by atoms with Gasteiger partial charge in [0, 0.05) is 35.7 Å². The van der Waals surface area contributed by atoms with E-state index in [1.165, 1.54) is 25.9 Å². The Labute approximate surface area is 131 Å². The van der Waals surface area contributed by atoms with Crippen LogP contribution in [0.25, 0.3) is 0 Å². The van der Waals surface area contributed by atoms with E-state index in [2.05, 4.69) is 16.8 Å². The summed E-state index contributed by atoms with van der Waals surface area (Å²) >= 11 is 12.2. The van der Waals surface area contributed by atoms with Gasteiger partial charge in [0.2, 0.25) is 0 Å². The zero-order valence-corrected chi connectivity index (χ0v) is 13.5. The van der Waals surface area contributed by atoms with Gasteiger partial charge < -0.3 is 10.6 Å². The average molecular weight is 316 g/mol. The van der Waals surface area contributed by atoms with Crippen molar-refractivity contribution in [2.45, 2.75) is 18.9 Å². The number of benzene rings is 1. The maximum atomic E-state index is 6.08. The summed E-state index contributed by atoms with van der Waals surface area (Å²) in [5.74, 6) is 0. The minimum atomic E-state index is 0.161. The maximum Gasteiger partial charge on any atom is 0.0469 e. The zero-order valence-electron chi connectivity index (χ0n) is 12.0. The molecule has 1 unspecified atom stereocenters. The van der Waals surface area contributed by atoms with Crippen LogP contribution in [0.15, 0.2) is 18.2 Å². The van der Waals surface area contributed by atoms with Crippen LogP contribution >= 0.6 is 23.2 Å². The summed E-state index contributed by atoms with van der Waals surface area (Å²) < 4.78 is 0. The van der Waals surface area contributed by atoms with Crippen molar-refractivity contribution in [2.24, 2.45) is 5.73 Å². The molecule has 0 aromatic heterocycles. The van der Waals surface area contributed by atoms with Crippen LogP contribution < -0.4 is 5.73 Å². The van der Waals surface area contributed by atoms with Crippen LogP contribution in [0, 0.1) is 0 Å². The third-order valence-electron chi connectivity index (χ3n) is 3.99. The van der Waals surface area contributed by atoms with Gasteiger partial charge in [-0.25, -0.2) is 0 Å². The smallest absolute Gasteiger partial charge is 0.0469 e. The van der Waals surface area contributed by atoms with E-state index in [0.29, 0.717) is 16.6 Å². The molecule has 1 aliphatic heterocycles. The molecule has 2 rings (SSSR count). The van der Waals surface area contributed by atoms with Gasteiger partial charge in [-0.2, -0.15) is 0 Å². The Morgan fingerprint density at radius 3 is 2.35 bits per heavy atom. The van der Waals surface area contributed by atoms with Crippen LogP contribution in [-0.4, -0.2) is 49.6 Å². The lowest BCUT2D eigenvalue weighted by atomic mass is 10.1. The topological polar surface area (TPSA) is 32.5 Å². The fourth-order valence-corrected chi connectivity index (χ4v) is 3.34. The lowest BCUT2D eigenvalue weighted by Gasteiger charge is -2.29. The van der Waals surface area contributed by atoms with Crippen molar-refractivity contribution in [2.75, 3.05) is 39.8 Å². The van der Waals surface area contributed by atoms with E-state index in [1.54, 1.807) is 6.07 Å². The Bertz CT molecular complexity index is 413. The first-order valence-electron chi connectivity index (χ1n) is 7.19. The molecule has 0 radical (unpaired) electrons. The molecule has 20 heavy (non-hydrogen) atoms. The van der Waals surface area contributed by atoms with Crippen molar-refractivity contribution < 1.29 is 0 Å². The molecule has 112 valence electrons. The third-order valence-corrected chi connectivity index (χ3v) is 4.43. The monoisotopic (exact) mass is 315 g/mol. The quantitative estimate of drug-likeness (QED) is 0.875. The highest BCUT2D eigenvalue weighted by Gasteiger charge is 2.18. The lowest BCUT2D eigenvalue weighted by Crippen LogP contribution is -2.36. The zero-order chi connectivity index (χ0) is 14.5. The van der Waals surface area contributed by atoms with Crippen molar-refractivity contribution in [1.29, 1.82) is 0 Å². The molecule has 2 N–H and O–H groups in total. The summed E-state index contributed by atoms with van der Waals surface area (Å²) in [6.45, 7) is 5.12. The summed E-state index contributed by atoms with van der Waals surface area (Å²) in [5.41, 5.74) is 7.04. The molecular formula is C15H23Cl2N3. The second-order valence-electron chi connectivity index (χ2n) is 5.48. The van der Waals surface area contributed by atoms with E-state index >= 15 is 0 Å². The highest BCUT2D eigenvalue weighted by molar-refractivity contribution is 6.34. The van der Waals surface area contributed by atoms with Gasteiger partial charge in [0.15, 0.2) is 0 Å². The van der Waals surface area contributed by atoms with Gasteiger partial charge in [0.25, 0.3) is 0 Å². The SMILES string of the molecule is CN(CCN1CCCC1)C(CN)c1cc(Cl)cc(Cl)c1. The van der Waals surface area contributed by atoms with Crippen molar-refractivity contribution in [3.8, 4) is 0 Å². The normalized spacial score (nSPS) is 17.9. The van der Waals surface area contributed by atoms with E-state index in [0.717, 1.165) is 18.7 Å². The summed E-state index contributed by atoms with van der Waals surface area (Å²) in [6.07, 6.45) is 2.65. The molecule has 1 heterocycles. The number of likely N-dealkylation sites (N-methyl/N-ethyl adjacent to an activating group) is 1. The molecule has 0 bridgehead atoms. The molecule has 1 aromatic carbocycles. The summed E-state index contributed by atoms with van der Waals surface area (Å²) in [4.78, 5) is 4.80. The van der Waals surface area contributed by atoms with E-state index < -0.39 is 0 Å². The highest BCUT2D eigenvalue weighted by Crippen LogP contribution is 2.26. The molecular weight excluding hydrogens is 293 g/mol. The van der Waals surface area contributed by atoms with Crippen LogP contribution in [0.2, 0.25) is 10.0 Å². The molecule has 0 saturated carbocycles. The number of likely N-dealkylation sites (tertiary alicyclic amines) is 1. The highest BCUT2D eigenvalue weighted by atomic mass is 35.5.